The fourth-order valence-electron chi connectivity index (χ4n) is 1.67. The largest absolute Gasteiger partial charge is 0.348 e. The molecule has 0 saturated carbocycles. The van der Waals surface area contributed by atoms with Crippen LogP contribution in [-0.2, 0) is 26.2 Å². The van der Waals surface area contributed by atoms with Gasteiger partial charge in [0.05, 0.1) is 6.54 Å². The van der Waals surface area contributed by atoms with E-state index in [1.54, 1.807) is 19.9 Å². The third kappa shape index (κ3) is 5.61. The smallest absolute Gasteiger partial charge is 0.275 e. The van der Waals surface area contributed by atoms with Crippen LogP contribution in [0, 0.1) is 0 Å². The van der Waals surface area contributed by atoms with Crippen molar-refractivity contribution in [1.82, 2.24) is 9.62 Å². The number of allylic oxidation sites excluding steroid dienone is 2. The van der Waals surface area contributed by atoms with E-state index in [0.29, 0.717) is 4.88 Å². The molecule has 6 nitrogen and oxygen atoms in total. The number of rotatable bonds is 6. The van der Waals surface area contributed by atoms with E-state index < -0.39 is 15.9 Å². The lowest BCUT2D eigenvalue weighted by atomic mass is 10.3. The number of carbonyl (C=O) groups excluding carboxylic acids is 2. The predicted octanol–water partition coefficient (Wildman–Crippen LogP) is 2.44. The van der Waals surface area contributed by atoms with Crippen LogP contribution in [-0.4, -0.2) is 31.6 Å². The highest BCUT2D eigenvalue weighted by Crippen LogP contribution is 2.24. The summed E-state index contributed by atoms with van der Waals surface area (Å²) in [6.45, 7) is 7.30. The molecule has 1 aromatic rings. The summed E-state index contributed by atoms with van der Waals surface area (Å²) in [5.74, 6) is -0.828. The summed E-state index contributed by atoms with van der Waals surface area (Å²) < 4.78 is 25.7. The van der Waals surface area contributed by atoms with E-state index >= 15 is 0 Å². The van der Waals surface area contributed by atoms with Crippen molar-refractivity contribution in [2.45, 2.75) is 38.4 Å². The Morgan fingerprint density at radius 3 is 2.25 bits per heavy atom. The second-order valence-electron chi connectivity index (χ2n) is 5.69. The average Bonchev–Trinajstić information content (AvgIpc) is 2.92. The molecule has 0 radical (unpaired) electrons. The topological polar surface area (TPSA) is 83.6 Å². The number of carbonyl (C=O) groups is 2. The van der Waals surface area contributed by atoms with Gasteiger partial charge in [-0.2, -0.15) is 0 Å². The molecular weight excluding hydrogens is 348 g/mol. The van der Waals surface area contributed by atoms with Crippen LogP contribution in [0.5, 0.6) is 0 Å². The van der Waals surface area contributed by atoms with Crippen LogP contribution in [0.3, 0.4) is 0 Å². The lowest BCUT2D eigenvalue weighted by molar-refractivity contribution is -0.120. The van der Waals surface area contributed by atoms with Gasteiger partial charge in [0, 0.05) is 24.1 Å². The Kier molecular flexibility index (Phi) is 6.92. The number of likely N-dealkylation sites (N-methyl/N-ethyl adjacent to an activating group) is 1. The Morgan fingerprint density at radius 2 is 1.71 bits per heavy atom. The highest BCUT2D eigenvalue weighted by molar-refractivity contribution is 7.91. The predicted molar refractivity (Wildman–Crippen MR) is 95.0 cm³/mol. The van der Waals surface area contributed by atoms with Gasteiger partial charge in [0.25, 0.3) is 15.9 Å². The molecule has 24 heavy (non-hydrogen) atoms. The molecule has 0 aliphatic carbocycles. The molecule has 0 aliphatic heterocycles. The highest BCUT2D eigenvalue weighted by atomic mass is 32.2. The summed E-state index contributed by atoms with van der Waals surface area (Å²) in [4.78, 5) is 24.2. The third-order valence-electron chi connectivity index (χ3n) is 2.83. The lowest BCUT2D eigenvalue weighted by Crippen LogP contribution is -2.31. The van der Waals surface area contributed by atoms with Crippen LogP contribution < -0.4 is 5.32 Å². The molecule has 8 heteroatoms. The van der Waals surface area contributed by atoms with Crippen molar-refractivity contribution in [3.63, 3.8) is 0 Å². The maximum atomic E-state index is 12.4. The Balaban J connectivity index is 2.87. The molecule has 1 aromatic heterocycles. The Hall–Kier alpha value is -1.93. The van der Waals surface area contributed by atoms with Crippen LogP contribution in [0.2, 0.25) is 0 Å². The molecular formula is C16H22N2O4S2. The van der Waals surface area contributed by atoms with E-state index in [4.69, 9.17) is 0 Å². The van der Waals surface area contributed by atoms with Gasteiger partial charge in [-0.15, -0.1) is 11.3 Å². The first-order valence-corrected chi connectivity index (χ1v) is 9.49. The van der Waals surface area contributed by atoms with Gasteiger partial charge in [-0.25, -0.2) is 12.7 Å². The molecule has 1 heterocycles. The van der Waals surface area contributed by atoms with Gasteiger partial charge < -0.3 is 5.32 Å². The summed E-state index contributed by atoms with van der Waals surface area (Å²) in [7, 11) is -2.66. The number of hydrogen-bond donors (Lipinski definition) is 1. The molecule has 0 atom stereocenters. The van der Waals surface area contributed by atoms with Crippen molar-refractivity contribution in [2.75, 3.05) is 7.05 Å². The van der Waals surface area contributed by atoms with Crippen molar-refractivity contribution >= 4 is 33.2 Å². The SMILES string of the molecule is CC(C)=CC(=O)NCc1ccc(S(=O)(=O)N(C)C(=O)C=C(C)C)s1. The number of sulfonamides is 1. The molecule has 0 aromatic carbocycles. The lowest BCUT2D eigenvalue weighted by Gasteiger charge is -2.14. The van der Waals surface area contributed by atoms with E-state index in [-0.39, 0.29) is 16.7 Å². The first-order chi connectivity index (χ1) is 11.0. The Morgan fingerprint density at radius 1 is 1.12 bits per heavy atom. The molecule has 1 rings (SSSR count). The van der Waals surface area contributed by atoms with Crippen molar-refractivity contribution in [3.05, 3.63) is 40.3 Å². The summed E-state index contributed by atoms with van der Waals surface area (Å²) in [5, 5.41) is 2.68. The van der Waals surface area contributed by atoms with E-state index in [0.717, 1.165) is 26.8 Å². The molecule has 132 valence electrons. The maximum Gasteiger partial charge on any atom is 0.275 e. The van der Waals surface area contributed by atoms with E-state index in [9.17, 15) is 18.0 Å². The summed E-state index contributed by atoms with van der Waals surface area (Å²) in [6.07, 6.45) is 2.74. The normalized spacial score (nSPS) is 10.7. The fourth-order valence-corrected chi connectivity index (χ4v) is 4.22. The summed E-state index contributed by atoms with van der Waals surface area (Å²) >= 11 is 1.03. The number of thiophene rings is 1. The molecule has 1 N–H and O–H groups in total. The van der Waals surface area contributed by atoms with Crippen LogP contribution in [0.25, 0.3) is 0 Å². The van der Waals surface area contributed by atoms with Gasteiger partial charge in [-0.3, -0.25) is 9.59 Å². The summed E-state index contributed by atoms with van der Waals surface area (Å²) in [6, 6.07) is 3.06. The van der Waals surface area contributed by atoms with Gasteiger partial charge in [-0.05, 0) is 39.8 Å². The van der Waals surface area contributed by atoms with Gasteiger partial charge in [0.1, 0.15) is 4.21 Å². The van der Waals surface area contributed by atoms with Crippen molar-refractivity contribution in [2.24, 2.45) is 0 Å². The van der Waals surface area contributed by atoms with Crippen LogP contribution >= 0.6 is 11.3 Å². The average molecular weight is 370 g/mol. The van der Waals surface area contributed by atoms with Crippen LogP contribution in [0.1, 0.15) is 32.6 Å². The summed E-state index contributed by atoms with van der Waals surface area (Å²) in [5.41, 5.74) is 1.59. The van der Waals surface area contributed by atoms with Gasteiger partial charge >= 0.3 is 0 Å². The highest BCUT2D eigenvalue weighted by Gasteiger charge is 2.26. The minimum Gasteiger partial charge on any atom is -0.348 e. The van der Waals surface area contributed by atoms with E-state index in [1.807, 2.05) is 13.8 Å². The third-order valence-corrected chi connectivity index (χ3v) is 6.14. The van der Waals surface area contributed by atoms with Crippen LogP contribution in [0.4, 0.5) is 0 Å². The fraction of sp³-hybridized carbons (Fsp3) is 0.375. The number of nitrogens with one attached hydrogen (secondary N) is 1. The number of hydrogen-bond acceptors (Lipinski definition) is 5. The van der Waals surface area contributed by atoms with Gasteiger partial charge in [0.15, 0.2) is 0 Å². The Labute approximate surface area is 146 Å². The van der Waals surface area contributed by atoms with E-state index in [2.05, 4.69) is 5.32 Å². The zero-order valence-electron chi connectivity index (χ0n) is 14.4. The zero-order valence-corrected chi connectivity index (χ0v) is 16.0. The minimum absolute atomic E-state index is 0.0620. The monoisotopic (exact) mass is 370 g/mol. The second-order valence-corrected chi connectivity index (χ2v) is 9.06. The Bertz CT molecular complexity index is 781. The second kappa shape index (κ2) is 8.25. The molecule has 0 bridgehead atoms. The first-order valence-electron chi connectivity index (χ1n) is 7.23. The van der Waals surface area contributed by atoms with Gasteiger partial charge in [-0.1, -0.05) is 11.1 Å². The molecule has 0 aliphatic rings. The van der Waals surface area contributed by atoms with Crippen molar-refractivity contribution in [1.29, 1.82) is 0 Å². The zero-order chi connectivity index (χ0) is 18.5. The van der Waals surface area contributed by atoms with E-state index in [1.165, 1.54) is 25.3 Å². The molecule has 0 saturated heterocycles. The van der Waals surface area contributed by atoms with Crippen LogP contribution in [0.15, 0.2) is 39.6 Å². The number of nitrogens with zero attached hydrogens (tertiary/aromatic N) is 1. The minimum atomic E-state index is -3.89. The standard InChI is InChI=1S/C16H22N2O4S2/c1-11(2)8-14(19)17-10-13-6-7-16(23-13)24(21,22)18(5)15(20)9-12(3)4/h6-9H,10H2,1-5H3,(H,17,19). The van der Waals surface area contributed by atoms with Gasteiger partial charge in [0.2, 0.25) is 5.91 Å². The molecule has 0 fully saturated rings. The number of amides is 2. The molecule has 0 unspecified atom stereocenters. The quantitative estimate of drug-likeness (QED) is 0.780. The molecule has 0 spiro atoms. The first kappa shape index (κ1) is 20.1. The maximum absolute atomic E-state index is 12.4. The van der Waals surface area contributed by atoms with Crippen molar-refractivity contribution in [3.8, 4) is 0 Å². The van der Waals surface area contributed by atoms with Crippen molar-refractivity contribution < 1.29 is 18.0 Å². The molecule has 2 amide bonds.